The number of carboxylic acid groups (broad SMARTS) is 1. The van der Waals surface area contributed by atoms with E-state index in [2.05, 4.69) is 35.7 Å². The Hall–Kier alpha value is -2.25. The number of hydrogen-bond donors (Lipinski definition) is 2. The van der Waals surface area contributed by atoms with Crippen molar-refractivity contribution < 1.29 is 14.3 Å². The largest absolute Gasteiger partial charge is 0.480 e. The van der Waals surface area contributed by atoms with E-state index in [1.165, 1.54) is 29.4 Å². The van der Waals surface area contributed by atoms with E-state index >= 15 is 0 Å². The number of carbonyl (C=O) groups is 1. The molecular formula is C32H47FN4O2. The maximum absolute atomic E-state index is 14.3. The first-order valence-electron chi connectivity index (χ1n) is 15.2. The number of nitrogens with zero attached hydrogens (tertiary/aromatic N) is 3. The van der Waals surface area contributed by atoms with Crippen molar-refractivity contribution in [1.29, 1.82) is 0 Å². The van der Waals surface area contributed by atoms with Gasteiger partial charge in [-0.15, -0.1) is 0 Å². The Bertz CT molecular complexity index is 1180. The highest BCUT2D eigenvalue weighted by molar-refractivity contribution is 5.73. The SMILES string of the molecule is CCc1nn(CC)c2c1CCC21CCN(C[C@H]2C[C@](C)(N[C@@H](C(=O)O)C(C)C)C[C@@H]2c2cccc(F)c2)CC1. The van der Waals surface area contributed by atoms with Gasteiger partial charge in [0.1, 0.15) is 11.9 Å². The smallest absolute Gasteiger partial charge is 0.320 e. The summed E-state index contributed by atoms with van der Waals surface area (Å²) in [6.45, 7) is 14.5. The molecule has 0 unspecified atom stereocenters. The highest BCUT2D eigenvalue weighted by Gasteiger charge is 2.48. The first-order valence-corrected chi connectivity index (χ1v) is 15.2. The first-order chi connectivity index (χ1) is 18.6. The summed E-state index contributed by atoms with van der Waals surface area (Å²) in [5.74, 6) is -0.471. The molecule has 0 bridgehead atoms. The van der Waals surface area contributed by atoms with E-state index in [9.17, 15) is 14.3 Å². The Kier molecular flexibility index (Phi) is 7.95. The van der Waals surface area contributed by atoms with Gasteiger partial charge in [0.2, 0.25) is 0 Å². The molecule has 1 aromatic carbocycles. The zero-order valence-electron chi connectivity index (χ0n) is 24.5. The fourth-order valence-corrected chi connectivity index (χ4v) is 8.16. The molecule has 6 nitrogen and oxygen atoms in total. The summed E-state index contributed by atoms with van der Waals surface area (Å²) in [4.78, 5) is 14.6. The third-order valence-electron chi connectivity index (χ3n) is 10.1. The molecule has 2 aliphatic carbocycles. The fraction of sp³-hybridized carbons (Fsp3) is 0.688. The zero-order valence-corrected chi connectivity index (χ0v) is 24.5. The summed E-state index contributed by atoms with van der Waals surface area (Å²) < 4.78 is 16.6. The Morgan fingerprint density at radius 3 is 2.56 bits per heavy atom. The number of hydrogen-bond acceptors (Lipinski definition) is 4. The predicted octanol–water partition coefficient (Wildman–Crippen LogP) is 5.54. The molecule has 39 heavy (non-hydrogen) atoms. The Morgan fingerprint density at radius 1 is 1.21 bits per heavy atom. The number of piperidine rings is 1. The van der Waals surface area contributed by atoms with Crippen LogP contribution in [0.2, 0.25) is 0 Å². The molecule has 1 saturated heterocycles. The lowest BCUT2D eigenvalue weighted by molar-refractivity contribution is -0.141. The van der Waals surface area contributed by atoms with Crippen molar-refractivity contribution >= 4 is 5.97 Å². The lowest BCUT2D eigenvalue weighted by Gasteiger charge is -2.41. The topological polar surface area (TPSA) is 70.4 Å². The molecule has 0 amide bonds. The van der Waals surface area contributed by atoms with E-state index in [-0.39, 0.29) is 28.6 Å². The van der Waals surface area contributed by atoms with Crippen LogP contribution in [0, 0.1) is 17.7 Å². The molecule has 1 aromatic heterocycles. The van der Waals surface area contributed by atoms with E-state index in [0.29, 0.717) is 5.92 Å². The Labute approximate surface area is 233 Å². The average Bonchev–Trinajstić information content (AvgIpc) is 3.55. The summed E-state index contributed by atoms with van der Waals surface area (Å²) in [6, 6.07) is 6.46. The lowest BCUT2D eigenvalue weighted by Crippen LogP contribution is -2.52. The molecule has 4 atom stereocenters. The van der Waals surface area contributed by atoms with E-state index in [1.54, 1.807) is 6.07 Å². The number of carboxylic acids is 1. The van der Waals surface area contributed by atoms with Gasteiger partial charge in [0.25, 0.3) is 0 Å². The third-order valence-corrected chi connectivity index (χ3v) is 10.1. The van der Waals surface area contributed by atoms with Crippen LogP contribution in [0.15, 0.2) is 24.3 Å². The van der Waals surface area contributed by atoms with Crippen LogP contribution in [0.5, 0.6) is 0 Å². The normalized spacial score (nSPS) is 27.4. The number of aryl methyl sites for hydroxylation is 2. The number of aliphatic carboxylic acids is 1. The molecule has 1 aliphatic heterocycles. The summed E-state index contributed by atoms with van der Waals surface area (Å²) >= 11 is 0. The second-order valence-electron chi connectivity index (χ2n) is 13.1. The monoisotopic (exact) mass is 538 g/mol. The van der Waals surface area contributed by atoms with Gasteiger partial charge >= 0.3 is 5.97 Å². The standard InChI is InChI=1S/C32H47FN4O2/c1-6-27-25-11-12-32(29(25)37(7-2)35-27)13-15-36(16-14-32)20-23-18-31(5,34-28(21(3)4)30(38)39)19-26(23)22-9-8-10-24(33)17-22/h8-10,17,21,23,26,28,34H,6-7,11-16,18-20H2,1-5H3,(H,38,39)/t23-,26-,28-,31+/m1/s1. The molecule has 2 aromatic rings. The summed E-state index contributed by atoms with van der Waals surface area (Å²) in [5, 5.41) is 18.3. The van der Waals surface area contributed by atoms with Crippen LogP contribution in [0.4, 0.5) is 4.39 Å². The summed E-state index contributed by atoms with van der Waals surface area (Å²) in [5.41, 5.74) is 5.32. The van der Waals surface area contributed by atoms with Gasteiger partial charge in [0.05, 0.1) is 5.69 Å². The van der Waals surface area contributed by atoms with Gasteiger partial charge in [-0.3, -0.25) is 14.8 Å². The van der Waals surface area contributed by atoms with Crippen molar-refractivity contribution in [2.75, 3.05) is 19.6 Å². The molecule has 0 radical (unpaired) electrons. The number of nitrogens with one attached hydrogen (secondary N) is 1. The second kappa shape index (κ2) is 11.0. The number of aromatic nitrogens is 2. The van der Waals surface area contributed by atoms with Crippen molar-refractivity contribution in [3.8, 4) is 0 Å². The highest BCUT2D eigenvalue weighted by Crippen LogP contribution is 2.49. The van der Waals surface area contributed by atoms with E-state index in [4.69, 9.17) is 5.10 Å². The van der Waals surface area contributed by atoms with Gasteiger partial charge < -0.3 is 10.0 Å². The van der Waals surface area contributed by atoms with Gasteiger partial charge in [-0.2, -0.15) is 5.10 Å². The van der Waals surface area contributed by atoms with Crippen LogP contribution in [-0.4, -0.2) is 57.0 Å². The minimum Gasteiger partial charge on any atom is -0.480 e. The van der Waals surface area contributed by atoms with E-state index in [0.717, 1.165) is 70.3 Å². The third kappa shape index (κ3) is 5.41. The fourth-order valence-electron chi connectivity index (χ4n) is 8.16. The minimum absolute atomic E-state index is 0.00892. The Morgan fingerprint density at radius 2 is 1.95 bits per heavy atom. The summed E-state index contributed by atoms with van der Waals surface area (Å²) in [7, 11) is 0. The van der Waals surface area contributed by atoms with Crippen molar-refractivity contribution in [1.82, 2.24) is 20.0 Å². The summed E-state index contributed by atoms with van der Waals surface area (Å²) in [6.07, 6.45) is 7.43. The predicted molar refractivity (Wildman–Crippen MR) is 153 cm³/mol. The zero-order chi connectivity index (χ0) is 27.9. The van der Waals surface area contributed by atoms with Crippen LogP contribution in [0.25, 0.3) is 0 Å². The van der Waals surface area contributed by atoms with Gasteiger partial charge in [-0.05, 0) is 113 Å². The van der Waals surface area contributed by atoms with Crippen molar-refractivity contribution in [3.05, 3.63) is 52.6 Å². The molecule has 214 valence electrons. The highest BCUT2D eigenvalue weighted by atomic mass is 19.1. The number of fused-ring (bicyclic) bond motifs is 2. The van der Waals surface area contributed by atoms with Gasteiger partial charge in [-0.1, -0.05) is 32.9 Å². The molecule has 3 aliphatic rings. The number of halogens is 1. The second-order valence-corrected chi connectivity index (χ2v) is 13.1. The maximum atomic E-state index is 14.3. The van der Waals surface area contributed by atoms with Crippen molar-refractivity contribution in [2.24, 2.45) is 11.8 Å². The van der Waals surface area contributed by atoms with Gasteiger partial charge in [0, 0.05) is 29.7 Å². The van der Waals surface area contributed by atoms with Crippen LogP contribution < -0.4 is 5.32 Å². The Balaban J connectivity index is 1.33. The molecule has 7 heteroatoms. The van der Waals surface area contributed by atoms with Crippen LogP contribution in [0.1, 0.15) is 95.2 Å². The molecule has 2 N–H and O–H groups in total. The number of rotatable bonds is 9. The van der Waals surface area contributed by atoms with Crippen molar-refractivity contribution in [3.63, 3.8) is 0 Å². The van der Waals surface area contributed by atoms with Gasteiger partial charge in [-0.25, -0.2) is 4.39 Å². The lowest BCUT2D eigenvalue weighted by atomic mass is 9.75. The number of likely N-dealkylation sites (tertiary alicyclic amines) is 1. The van der Waals surface area contributed by atoms with Crippen molar-refractivity contribution in [2.45, 2.75) is 109 Å². The minimum atomic E-state index is -0.799. The van der Waals surface area contributed by atoms with Crippen LogP contribution >= 0.6 is 0 Å². The average molecular weight is 539 g/mol. The molecular weight excluding hydrogens is 491 g/mol. The molecule has 5 rings (SSSR count). The van der Waals surface area contributed by atoms with Crippen LogP contribution in [0.3, 0.4) is 0 Å². The number of benzene rings is 1. The van der Waals surface area contributed by atoms with Crippen LogP contribution in [-0.2, 0) is 29.6 Å². The maximum Gasteiger partial charge on any atom is 0.320 e. The van der Waals surface area contributed by atoms with E-state index in [1.807, 2.05) is 26.0 Å². The molecule has 2 fully saturated rings. The molecule has 1 saturated carbocycles. The molecule has 1 spiro atoms. The quantitative estimate of drug-likeness (QED) is 0.439. The van der Waals surface area contributed by atoms with Gasteiger partial charge in [0.15, 0.2) is 0 Å². The first kappa shape index (κ1) is 28.3. The van der Waals surface area contributed by atoms with E-state index < -0.39 is 12.0 Å². The molecule has 2 heterocycles.